The first-order valence-electron chi connectivity index (χ1n) is 9.38. The number of hydrogen-bond donors (Lipinski definition) is 1. The van der Waals surface area contributed by atoms with Gasteiger partial charge in [-0.2, -0.15) is 0 Å². The number of fused-ring (bicyclic) bond motifs is 1. The molecule has 0 saturated heterocycles. The zero-order valence-corrected chi connectivity index (χ0v) is 16.1. The molecule has 0 atom stereocenters. The average molecular weight is 377 g/mol. The zero-order valence-electron chi connectivity index (χ0n) is 16.1. The largest absolute Gasteiger partial charge is 0.496 e. The molecular weight excluding hydrogens is 354 g/mol. The van der Waals surface area contributed by atoms with Crippen LogP contribution < -0.4 is 10.3 Å². The molecule has 1 aromatic carbocycles. The zero-order chi connectivity index (χ0) is 19.5. The number of benzene rings is 1. The van der Waals surface area contributed by atoms with Crippen LogP contribution in [0.2, 0.25) is 0 Å². The molecule has 0 aliphatic carbocycles. The van der Waals surface area contributed by atoms with Crippen molar-refractivity contribution in [2.24, 2.45) is 0 Å². The first-order valence-corrected chi connectivity index (χ1v) is 9.38. The highest BCUT2D eigenvalue weighted by Gasteiger charge is 2.20. The van der Waals surface area contributed by atoms with E-state index in [2.05, 4.69) is 50.0 Å². The molecule has 3 aromatic rings. The SMILES string of the molecule is COc1cc(C)ccc1CN1CCc2nc(-c3cnccn3)[nH]c(=O)c2CC1. The van der Waals surface area contributed by atoms with Crippen molar-refractivity contribution in [3.05, 3.63) is 69.5 Å². The predicted octanol–water partition coefficient (Wildman–Crippen LogP) is 2.14. The van der Waals surface area contributed by atoms with E-state index in [4.69, 9.17) is 4.74 Å². The first kappa shape index (κ1) is 18.3. The summed E-state index contributed by atoms with van der Waals surface area (Å²) in [7, 11) is 1.70. The number of nitrogens with one attached hydrogen (secondary N) is 1. The van der Waals surface area contributed by atoms with Crippen LogP contribution >= 0.6 is 0 Å². The minimum atomic E-state index is -0.0829. The van der Waals surface area contributed by atoms with E-state index in [9.17, 15) is 4.79 Å². The summed E-state index contributed by atoms with van der Waals surface area (Å²) in [5.74, 6) is 1.38. The van der Waals surface area contributed by atoms with Crippen LogP contribution in [0.3, 0.4) is 0 Å². The molecule has 0 saturated carbocycles. The van der Waals surface area contributed by atoms with Crippen molar-refractivity contribution >= 4 is 0 Å². The van der Waals surface area contributed by atoms with E-state index in [-0.39, 0.29) is 5.56 Å². The van der Waals surface area contributed by atoms with Crippen LogP contribution in [0.15, 0.2) is 41.6 Å². The minimum Gasteiger partial charge on any atom is -0.496 e. The topological polar surface area (TPSA) is 84.0 Å². The molecule has 4 rings (SSSR count). The molecule has 0 bridgehead atoms. The molecule has 1 N–H and O–H groups in total. The van der Waals surface area contributed by atoms with Gasteiger partial charge in [0, 0.05) is 49.6 Å². The minimum absolute atomic E-state index is 0.0829. The highest BCUT2D eigenvalue weighted by Crippen LogP contribution is 2.23. The number of ether oxygens (including phenoxy) is 1. The Labute approximate surface area is 163 Å². The van der Waals surface area contributed by atoms with Gasteiger partial charge in [-0.3, -0.25) is 14.7 Å². The van der Waals surface area contributed by atoms with Gasteiger partial charge < -0.3 is 9.72 Å². The Kier molecular flexibility index (Phi) is 5.16. The Bertz CT molecular complexity index is 1030. The lowest BCUT2D eigenvalue weighted by atomic mass is 10.1. The fourth-order valence-corrected chi connectivity index (χ4v) is 3.58. The second-order valence-electron chi connectivity index (χ2n) is 7.02. The van der Waals surface area contributed by atoms with E-state index in [0.717, 1.165) is 48.6 Å². The number of nitrogens with zero attached hydrogens (tertiary/aromatic N) is 4. The van der Waals surface area contributed by atoms with Crippen LogP contribution in [0.25, 0.3) is 11.5 Å². The molecule has 28 heavy (non-hydrogen) atoms. The summed E-state index contributed by atoms with van der Waals surface area (Å²) in [5.41, 5.74) is 4.44. The van der Waals surface area contributed by atoms with Gasteiger partial charge in [0.25, 0.3) is 5.56 Å². The van der Waals surface area contributed by atoms with Gasteiger partial charge in [-0.05, 0) is 25.0 Å². The van der Waals surface area contributed by atoms with Crippen molar-refractivity contribution in [1.82, 2.24) is 24.8 Å². The number of rotatable bonds is 4. The lowest BCUT2D eigenvalue weighted by Gasteiger charge is -2.21. The molecule has 0 fully saturated rings. The van der Waals surface area contributed by atoms with Gasteiger partial charge >= 0.3 is 0 Å². The number of aromatic nitrogens is 4. The third kappa shape index (κ3) is 3.80. The smallest absolute Gasteiger partial charge is 0.254 e. The Morgan fingerprint density at radius 3 is 2.86 bits per heavy atom. The Morgan fingerprint density at radius 2 is 2.07 bits per heavy atom. The van der Waals surface area contributed by atoms with E-state index in [1.165, 1.54) is 5.56 Å². The standard InChI is InChI=1S/C21H23N5O2/c1-14-3-4-15(19(11-14)28-2)13-26-9-5-16-17(6-10-26)24-20(25-21(16)27)18-12-22-7-8-23-18/h3-4,7-8,11-12H,5-6,9-10,13H2,1-2H3,(H,24,25,27). The molecular formula is C21H23N5O2. The number of hydrogen-bond acceptors (Lipinski definition) is 6. The monoisotopic (exact) mass is 377 g/mol. The maximum Gasteiger partial charge on any atom is 0.254 e. The van der Waals surface area contributed by atoms with Crippen molar-refractivity contribution in [2.45, 2.75) is 26.3 Å². The highest BCUT2D eigenvalue weighted by atomic mass is 16.5. The van der Waals surface area contributed by atoms with Crippen molar-refractivity contribution in [2.75, 3.05) is 20.2 Å². The first-order chi connectivity index (χ1) is 13.6. The maximum absolute atomic E-state index is 12.6. The second-order valence-corrected chi connectivity index (χ2v) is 7.02. The average Bonchev–Trinajstić information content (AvgIpc) is 2.92. The maximum atomic E-state index is 12.6. The van der Waals surface area contributed by atoms with Crippen molar-refractivity contribution in [3.8, 4) is 17.3 Å². The summed E-state index contributed by atoms with van der Waals surface area (Å²) in [6.07, 6.45) is 6.20. The summed E-state index contributed by atoms with van der Waals surface area (Å²) in [5, 5.41) is 0. The molecule has 1 aliphatic rings. The molecule has 3 heterocycles. The second kappa shape index (κ2) is 7.90. The summed E-state index contributed by atoms with van der Waals surface area (Å²) in [6, 6.07) is 6.27. The van der Waals surface area contributed by atoms with Gasteiger partial charge in [-0.15, -0.1) is 0 Å². The molecule has 7 nitrogen and oxygen atoms in total. The van der Waals surface area contributed by atoms with Gasteiger partial charge in [0.2, 0.25) is 0 Å². The van der Waals surface area contributed by atoms with E-state index < -0.39 is 0 Å². The number of aromatic amines is 1. The lowest BCUT2D eigenvalue weighted by Crippen LogP contribution is -2.26. The fourth-order valence-electron chi connectivity index (χ4n) is 3.58. The van der Waals surface area contributed by atoms with Gasteiger partial charge in [0.1, 0.15) is 11.4 Å². The van der Waals surface area contributed by atoms with Crippen molar-refractivity contribution in [3.63, 3.8) is 0 Å². The van der Waals surface area contributed by atoms with Gasteiger partial charge in [-0.25, -0.2) is 9.97 Å². The summed E-state index contributed by atoms with van der Waals surface area (Å²) >= 11 is 0. The molecule has 1 aliphatic heterocycles. The molecule has 2 aromatic heterocycles. The van der Waals surface area contributed by atoms with Gasteiger partial charge in [-0.1, -0.05) is 12.1 Å². The molecule has 0 unspecified atom stereocenters. The summed E-state index contributed by atoms with van der Waals surface area (Å²) in [4.78, 5) is 30.8. The third-order valence-corrected chi connectivity index (χ3v) is 5.09. The van der Waals surface area contributed by atoms with Crippen LogP contribution in [0, 0.1) is 6.92 Å². The quantitative estimate of drug-likeness (QED) is 0.750. The van der Waals surface area contributed by atoms with Crippen LogP contribution in [0.5, 0.6) is 5.75 Å². The molecule has 0 radical (unpaired) electrons. The molecule has 0 amide bonds. The van der Waals surface area contributed by atoms with Crippen LogP contribution in [-0.4, -0.2) is 45.0 Å². The third-order valence-electron chi connectivity index (χ3n) is 5.09. The van der Waals surface area contributed by atoms with Crippen molar-refractivity contribution < 1.29 is 4.74 Å². The number of methoxy groups -OCH3 is 1. The van der Waals surface area contributed by atoms with Crippen LogP contribution in [0.4, 0.5) is 0 Å². The van der Waals surface area contributed by atoms with Crippen LogP contribution in [0.1, 0.15) is 22.4 Å². The van der Waals surface area contributed by atoms with E-state index >= 15 is 0 Å². The van der Waals surface area contributed by atoms with E-state index in [1.807, 2.05) is 0 Å². The van der Waals surface area contributed by atoms with Crippen LogP contribution in [-0.2, 0) is 19.4 Å². The lowest BCUT2D eigenvalue weighted by molar-refractivity contribution is 0.273. The Morgan fingerprint density at radius 1 is 1.21 bits per heavy atom. The van der Waals surface area contributed by atoms with E-state index in [0.29, 0.717) is 17.9 Å². The normalized spacial score (nSPS) is 14.4. The molecule has 144 valence electrons. The van der Waals surface area contributed by atoms with Crippen molar-refractivity contribution in [1.29, 1.82) is 0 Å². The molecule has 7 heteroatoms. The fraction of sp³-hybridized carbons (Fsp3) is 0.333. The predicted molar refractivity (Wildman–Crippen MR) is 106 cm³/mol. The summed E-state index contributed by atoms with van der Waals surface area (Å²) < 4.78 is 5.54. The van der Waals surface area contributed by atoms with Gasteiger partial charge in [0.15, 0.2) is 5.82 Å². The van der Waals surface area contributed by atoms with E-state index in [1.54, 1.807) is 25.7 Å². The Balaban J connectivity index is 1.56. The highest BCUT2D eigenvalue weighted by molar-refractivity contribution is 5.47. The number of aryl methyl sites for hydroxylation is 1. The number of H-pyrrole nitrogens is 1. The summed E-state index contributed by atoms with van der Waals surface area (Å²) in [6.45, 7) is 4.48. The van der Waals surface area contributed by atoms with Gasteiger partial charge in [0.05, 0.1) is 19.0 Å². The molecule has 0 spiro atoms. The Hall–Kier alpha value is -3.06.